The molecule has 2 aromatic heterocycles. The number of carbonyl (C=O) groups excluding carboxylic acids is 1. The van der Waals surface area contributed by atoms with Crippen molar-refractivity contribution in [3.8, 4) is 0 Å². The van der Waals surface area contributed by atoms with Gasteiger partial charge in [-0.3, -0.25) is 9.89 Å². The van der Waals surface area contributed by atoms with Crippen LogP contribution in [0.1, 0.15) is 23.2 Å². The van der Waals surface area contributed by atoms with E-state index in [-0.39, 0.29) is 5.91 Å². The minimum atomic E-state index is -0.190. The number of rotatable bonds is 3. The van der Waals surface area contributed by atoms with Crippen LogP contribution in [-0.2, 0) is 0 Å². The summed E-state index contributed by atoms with van der Waals surface area (Å²) >= 11 is 0. The number of aromatic nitrogens is 3. The van der Waals surface area contributed by atoms with E-state index in [4.69, 9.17) is 0 Å². The van der Waals surface area contributed by atoms with Gasteiger partial charge in [-0.2, -0.15) is 5.10 Å². The van der Waals surface area contributed by atoms with Crippen LogP contribution in [0.2, 0.25) is 0 Å². The first kappa shape index (κ1) is 11.7. The molecule has 1 aliphatic rings. The number of nitrogens with one attached hydrogen (secondary N) is 2. The van der Waals surface area contributed by atoms with E-state index in [0.717, 1.165) is 18.9 Å². The minimum Gasteiger partial charge on any atom is -0.357 e. The summed E-state index contributed by atoms with van der Waals surface area (Å²) in [5, 5.41) is 9.13. The Morgan fingerprint density at radius 3 is 2.74 bits per heavy atom. The largest absolute Gasteiger partial charge is 0.357 e. The number of H-pyrrole nitrogens is 1. The molecule has 1 fully saturated rings. The molecule has 0 spiro atoms. The van der Waals surface area contributed by atoms with E-state index in [1.165, 1.54) is 19.0 Å². The van der Waals surface area contributed by atoms with Gasteiger partial charge >= 0.3 is 0 Å². The molecule has 0 aromatic carbocycles. The van der Waals surface area contributed by atoms with Gasteiger partial charge in [0.2, 0.25) is 0 Å². The molecule has 3 heterocycles. The van der Waals surface area contributed by atoms with Gasteiger partial charge in [-0.25, -0.2) is 4.98 Å². The first-order valence-corrected chi connectivity index (χ1v) is 6.34. The first-order chi connectivity index (χ1) is 9.33. The summed E-state index contributed by atoms with van der Waals surface area (Å²) in [7, 11) is 0. The van der Waals surface area contributed by atoms with Crippen LogP contribution in [0.4, 0.5) is 11.5 Å². The predicted octanol–water partition coefficient (Wildman–Crippen LogP) is 1.66. The van der Waals surface area contributed by atoms with Gasteiger partial charge in [0.1, 0.15) is 5.82 Å². The SMILES string of the molecule is O=C(Nc1ccc(N2CCCC2)nc1)c1cn[nH]c1. The lowest BCUT2D eigenvalue weighted by Gasteiger charge is -2.16. The highest BCUT2D eigenvalue weighted by molar-refractivity contribution is 6.03. The number of hydrogen-bond acceptors (Lipinski definition) is 4. The molecule has 1 aliphatic heterocycles. The number of amides is 1. The summed E-state index contributed by atoms with van der Waals surface area (Å²) in [6.07, 6.45) is 7.18. The van der Waals surface area contributed by atoms with E-state index in [9.17, 15) is 4.79 Å². The van der Waals surface area contributed by atoms with Crippen molar-refractivity contribution in [1.29, 1.82) is 0 Å². The van der Waals surface area contributed by atoms with Gasteiger partial charge in [0.25, 0.3) is 5.91 Å². The third-order valence-electron chi connectivity index (χ3n) is 3.20. The van der Waals surface area contributed by atoms with Gasteiger partial charge in [0.05, 0.1) is 23.6 Å². The molecule has 1 amide bonds. The fourth-order valence-electron chi connectivity index (χ4n) is 2.17. The van der Waals surface area contributed by atoms with Gasteiger partial charge in [-0.1, -0.05) is 0 Å². The Labute approximate surface area is 110 Å². The smallest absolute Gasteiger partial charge is 0.258 e. The molecular weight excluding hydrogens is 242 g/mol. The van der Waals surface area contributed by atoms with Crippen molar-refractivity contribution in [2.24, 2.45) is 0 Å². The number of nitrogens with zero attached hydrogens (tertiary/aromatic N) is 3. The van der Waals surface area contributed by atoms with Crippen LogP contribution in [0.15, 0.2) is 30.7 Å². The second kappa shape index (κ2) is 5.09. The summed E-state index contributed by atoms with van der Waals surface area (Å²) in [6.45, 7) is 2.13. The fraction of sp³-hybridized carbons (Fsp3) is 0.308. The topological polar surface area (TPSA) is 73.9 Å². The standard InChI is InChI=1S/C13H15N5O/c19-13(10-7-15-16-8-10)17-11-3-4-12(14-9-11)18-5-1-2-6-18/h3-4,7-9H,1-2,5-6H2,(H,15,16)(H,17,19). The zero-order chi connectivity index (χ0) is 13.1. The highest BCUT2D eigenvalue weighted by atomic mass is 16.1. The van der Waals surface area contributed by atoms with Crippen molar-refractivity contribution < 1.29 is 4.79 Å². The Hall–Kier alpha value is -2.37. The summed E-state index contributed by atoms with van der Waals surface area (Å²) in [4.78, 5) is 18.4. The average Bonchev–Trinajstić information content (AvgIpc) is 3.13. The van der Waals surface area contributed by atoms with Crippen molar-refractivity contribution in [1.82, 2.24) is 15.2 Å². The number of aromatic amines is 1. The maximum absolute atomic E-state index is 11.8. The lowest BCUT2D eigenvalue weighted by Crippen LogP contribution is -2.19. The molecule has 2 N–H and O–H groups in total. The van der Waals surface area contributed by atoms with Crippen molar-refractivity contribution in [2.45, 2.75) is 12.8 Å². The summed E-state index contributed by atoms with van der Waals surface area (Å²) < 4.78 is 0. The monoisotopic (exact) mass is 257 g/mol. The van der Waals surface area contributed by atoms with Crippen LogP contribution in [0.3, 0.4) is 0 Å². The summed E-state index contributed by atoms with van der Waals surface area (Å²) in [6, 6.07) is 3.81. The van der Waals surface area contributed by atoms with Crippen LogP contribution >= 0.6 is 0 Å². The van der Waals surface area contributed by atoms with E-state index in [1.807, 2.05) is 12.1 Å². The number of anilines is 2. The van der Waals surface area contributed by atoms with E-state index < -0.39 is 0 Å². The first-order valence-electron chi connectivity index (χ1n) is 6.34. The molecule has 1 saturated heterocycles. The maximum Gasteiger partial charge on any atom is 0.258 e. The molecule has 0 unspecified atom stereocenters. The van der Waals surface area contributed by atoms with Crippen molar-refractivity contribution >= 4 is 17.4 Å². The van der Waals surface area contributed by atoms with E-state index in [0.29, 0.717) is 11.3 Å². The Morgan fingerprint density at radius 1 is 1.26 bits per heavy atom. The molecule has 19 heavy (non-hydrogen) atoms. The third-order valence-corrected chi connectivity index (χ3v) is 3.20. The van der Waals surface area contributed by atoms with E-state index in [2.05, 4.69) is 25.4 Å². The normalized spacial score (nSPS) is 14.6. The number of carbonyl (C=O) groups is 1. The Balaban J connectivity index is 1.67. The molecule has 0 atom stereocenters. The zero-order valence-electron chi connectivity index (χ0n) is 10.5. The van der Waals surface area contributed by atoms with Crippen LogP contribution in [-0.4, -0.2) is 34.2 Å². The molecule has 0 aliphatic carbocycles. The molecule has 0 radical (unpaired) electrons. The molecule has 0 bridgehead atoms. The minimum absolute atomic E-state index is 0.190. The average molecular weight is 257 g/mol. The molecule has 6 nitrogen and oxygen atoms in total. The van der Waals surface area contributed by atoms with Crippen molar-refractivity contribution in [2.75, 3.05) is 23.3 Å². The second-order valence-corrected chi connectivity index (χ2v) is 4.54. The van der Waals surface area contributed by atoms with Crippen molar-refractivity contribution in [3.63, 3.8) is 0 Å². The zero-order valence-corrected chi connectivity index (χ0v) is 10.5. The van der Waals surface area contributed by atoms with Gasteiger partial charge < -0.3 is 10.2 Å². The molecule has 6 heteroatoms. The van der Waals surface area contributed by atoms with Crippen LogP contribution < -0.4 is 10.2 Å². The third kappa shape index (κ3) is 2.57. The Bertz CT molecular complexity index is 543. The maximum atomic E-state index is 11.8. The second-order valence-electron chi connectivity index (χ2n) is 4.54. The lowest BCUT2D eigenvalue weighted by molar-refractivity contribution is 0.102. The molecule has 98 valence electrons. The summed E-state index contributed by atoms with van der Waals surface area (Å²) in [5.74, 6) is 0.781. The van der Waals surface area contributed by atoms with Gasteiger partial charge in [-0.05, 0) is 25.0 Å². The highest BCUT2D eigenvalue weighted by Gasteiger charge is 2.13. The van der Waals surface area contributed by atoms with Crippen molar-refractivity contribution in [3.05, 3.63) is 36.3 Å². The highest BCUT2D eigenvalue weighted by Crippen LogP contribution is 2.19. The predicted molar refractivity (Wildman–Crippen MR) is 72.2 cm³/mol. The molecule has 3 rings (SSSR count). The Kier molecular flexibility index (Phi) is 3.14. The van der Waals surface area contributed by atoms with Gasteiger partial charge in [0, 0.05) is 19.3 Å². The van der Waals surface area contributed by atoms with Gasteiger partial charge in [-0.15, -0.1) is 0 Å². The van der Waals surface area contributed by atoms with E-state index in [1.54, 1.807) is 12.4 Å². The number of pyridine rings is 1. The van der Waals surface area contributed by atoms with Crippen LogP contribution in [0.5, 0.6) is 0 Å². The lowest BCUT2D eigenvalue weighted by atomic mass is 10.3. The molecular formula is C13H15N5O. The molecule has 0 saturated carbocycles. The van der Waals surface area contributed by atoms with Crippen LogP contribution in [0, 0.1) is 0 Å². The fourth-order valence-corrected chi connectivity index (χ4v) is 2.17. The van der Waals surface area contributed by atoms with E-state index >= 15 is 0 Å². The number of hydrogen-bond donors (Lipinski definition) is 2. The van der Waals surface area contributed by atoms with Crippen LogP contribution in [0.25, 0.3) is 0 Å². The quantitative estimate of drug-likeness (QED) is 0.877. The molecule has 2 aromatic rings. The van der Waals surface area contributed by atoms with Gasteiger partial charge in [0.15, 0.2) is 0 Å². The Morgan fingerprint density at radius 2 is 2.11 bits per heavy atom. The summed E-state index contributed by atoms with van der Waals surface area (Å²) in [5.41, 5.74) is 1.19.